The molecular weight excluding hydrogens is 160 g/mol. The number of nitrogens with zero attached hydrogens (tertiary/aromatic N) is 1. The van der Waals surface area contributed by atoms with E-state index in [-0.39, 0.29) is 5.57 Å². The maximum atomic E-state index is 10.5. The van der Waals surface area contributed by atoms with Crippen molar-refractivity contribution < 1.29 is 14.7 Å². The molecule has 1 atom stereocenters. The first-order chi connectivity index (χ1) is 5.65. The van der Waals surface area contributed by atoms with E-state index in [0.717, 1.165) is 0 Å². The molecule has 1 rings (SSSR count). The topological polar surface area (TPSA) is 75.8 Å². The van der Waals surface area contributed by atoms with Crippen LogP contribution in [0.3, 0.4) is 0 Å². The van der Waals surface area contributed by atoms with Crippen molar-refractivity contribution in [3.05, 3.63) is 23.9 Å². The molecule has 0 saturated heterocycles. The maximum absolute atomic E-state index is 10.5. The van der Waals surface area contributed by atoms with Gasteiger partial charge in [-0.2, -0.15) is 0 Å². The van der Waals surface area contributed by atoms with Crippen LogP contribution in [0.4, 0.5) is 0 Å². The number of rotatable bonds is 2. The number of hydrogen-bond acceptors (Lipinski definition) is 4. The minimum atomic E-state index is -1.000. The molecule has 1 aliphatic rings. The van der Waals surface area contributed by atoms with Crippen molar-refractivity contribution in [1.29, 1.82) is 0 Å². The fourth-order valence-electron chi connectivity index (χ4n) is 0.854. The molecule has 0 aromatic carbocycles. The lowest BCUT2D eigenvalue weighted by Crippen LogP contribution is -2.38. The molecule has 0 saturated carbocycles. The number of carbonyl (C=O) groups is 1. The van der Waals surface area contributed by atoms with Crippen LogP contribution in [0.15, 0.2) is 23.9 Å². The lowest BCUT2D eigenvalue weighted by Gasteiger charge is -2.25. The quantitative estimate of drug-likeness (QED) is 0.593. The minimum absolute atomic E-state index is 0.151. The number of carboxylic acid groups (broad SMARTS) is 1. The molecule has 0 spiro atoms. The third-order valence-corrected chi connectivity index (χ3v) is 1.49. The van der Waals surface area contributed by atoms with Crippen LogP contribution >= 0.6 is 0 Å². The van der Waals surface area contributed by atoms with Gasteiger partial charge >= 0.3 is 5.97 Å². The Morgan fingerprint density at radius 1 is 1.83 bits per heavy atom. The number of hydroxylamine groups is 2. The van der Waals surface area contributed by atoms with Gasteiger partial charge in [0.15, 0.2) is 0 Å². The van der Waals surface area contributed by atoms with E-state index in [4.69, 9.17) is 15.7 Å². The summed E-state index contributed by atoms with van der Waals surface area (Å²) in [5.74, 6) is -1.000. The normalized spacial score (nSPS) is 22.3. The predicted octanol–water partition coefficient (Wildman–Crippen LogP) is -0.327. The third-order valence-electron chi connectivity index (χ3n) is 1.49. The van der Waals surface area contributed by atoms with Crippen LogP contribution in [0.1, 0.15) is 0 Å². The molecule has 0 bridgehead atoms. The largest absolute Gasteiger partial charge is 0.478 e. The highest BCUT2D eigenvalue weighted by molar-refractivity contribution is 5.89. The molecule has 3 N–H and O–H groups in total. The van der Waals surface area contributed by atoms with Crippen LogP contribution in [-0.2, 0) is 9.63 Å². The van der Waals surface area contributed by atoms with Gasteiger partial charge in [0.2, 0.25) is 0 Å². The summed E-state index contributed by atoms with van der Waals surface area (Å²) in [5.41, 5.74) is 5.68. The van der Waals surface area contributed by atoms with Crippen molar-refractivity contribution >= 4 is 5.97 Å². The Balaban J connectivity index is 2.80. The van der Waals surface area contributed by atoms with Crippen molar-refractivity contribution in [2.24, 2.45) is 5.73 Å². The second-order valence-corrected chi connectivity index (χ2v) is 2.28. The fraction of sp³-hybridized carbons (Fsp3) is 0.286. The second-order valence-electron chi connectivity index (χ2n) is 2.28. The van der Waals surface area contributed by atoms with Gasteiger partial charge in [-0.3, -0.25) is 4.84 Å². The zero-order valence-electron chi connectivity index (χ0n) is 6.60. The monoisotopic (exact) mass is 170 g/mol. The summed E-state index contributed by atoms with van der Waals surface area (Å²) in [6, 6.07) is 0. The SMILES string of the molecule is CON1C=C(C(=O)O)C=CC1N. The molecule has 5 heteroatoms. The first-order valence-electron chi connectivity index (χ1n) is 3.36. The molecule has 0 fully saturated rings. The van der Waals surface area contributed by atoms with E-state index >= 15 is 0 Å². The van der Waals surface area contributed by atoms with E-state index < -0.39 is 12.1 Å². The summed E-state index contributed by atoms with van der Waals surface area (Å²) < 4.78 is 0. The highest BCUT2D eigenvalue weighted by Crippen LogP contribution is 2.10. The number of aliphatic carboxylic acids is 1. The van der Waals surface area contributed by atoms with E-state index in [0.29, 0.717) is 0 Å². The zero-order valence-corrected chi connectivity index (χ0v) is 6.60. The first-order valence-corrected chi connectivity index (χ1v) is 3.36. The van der Waals surface area contributed by atoms with Crippen molar-refractivity contribution in [3.63, 3.8) is 0 Å². The summed E-state index contributed by atoms with van der Waals surface area (Å²) in [7, 11) is 1.43. The van der Waals surface area contributed by atoms with Gasteiger partial charge in [-0.25, -0.2) is 9.86 Å². The molecular formula is C7H10N2O3. The van der Waals surface area contributed by atoms with E-state index in [1.807, 2.05) is 0 Å². The van der Waals surface area contributed by atoms with Gasteiger partial charge in [-0.05, 0) is 12.2 Å². The van der Waals surface area contributed by atoms with Gasteiger partial charge in [0.05, 0.1) is 12.7 Å². The van der Waals surface area contributed by atoms with Crippen LogP contribution in [0.5, 0.6) is 0 Å². The number of nitrogens with two attached hydrogens (primary N) is 1. The van der Waals surface area contributed by atoms with E-state index in [1.165, 1.54) is 24.4 Å². The summed E-state index contributed by atoms with van der Waals surface area (Å²) >= 11 is 0. The standard InChI is InChI=1S/C7H10N2O3/c1-12-9-4-5(7(10)11)2-3-6(9)8/h2-4,6H,8H2,1H3,(H,10,11). The van der Waals surface area contributed by atoms with Gasteiger partial charge in [0.25, 0.3) is 0 Å². The van der Waals surface area contributed by atoms with Gasteiger partial charge in [0, 0.05) is 6.20 Å². The maximum Gasteiger partial charge on any atom is 0.337 e. The lowest BCUT2D eigenvalue weighted by molar-refractivity contribution is -0.134. The minimum Gasteiger partial charge on any atom is -0.478 e. The molecule has 0 aromatic heterocycles. The molecule has 1 unspecified atom stereocenters. The Labute approximate surface area is 69.7 Å². The number of carboxylic acids is 1. The Bertz CT molecular complexity index is 247. The Morgan fingerprint density at radius 2 is 2.50 bits per heavy atom. The van der Waals surface area contributed by atoms with Crippen LogP contribution in [0, 0.1) is 0 Å². The Morgan fingerprint density at radius 3 is 3.00 bits per heavy atom. The number of hydrogen-bond donors (Lipinski definition) is 2. The van der Waals surface area contributed by atoms with Crippen LogP contribution in [0.25, 0.3) is 0 Å². The highest BCUT2D eigenvalue weighted by atomic mass is 16.7. The Hall–Kier alpha value is -1.33. The second kappa shape index (κ2) is 3.38. The molecule has 5 nitrogen and oxygen atoms in total. The Kier molecular flexibility index (Phi) is 2.47. The molecule has 66 valence electrons. The highest BCUT2D eigenvalue weighted by Gasteiger charge is 2.15. The van der Waals surface area contributed by atoms with Crippen molar-refractivity contribution in [2.75, 3.05) is 7.11 Å². The van der Waals surface area contributed by atoms with Crippen LogP contribution in [0.2, 0.25) is 0 Å². The van der Waals surface area contributed by atoms with Gasteiger partial charge in [0.1, 0.15) is 6.17 Å². The zero-order chi connectivity index (χ0) is 9.14. The smallest absolute Gasteiger partial charge is 0.337 e. The summed E-state index contributed by atoms with van der Waals surface area (Å²) in [6.07, 6.45) is 3.92. The average Bonchev–Trinajstić information content (AvgIpc) is 2.05. The average molecular weight is 170 g/mol. The van der Waals surface area contributed by atoms with E-state index in [9.17, 15) is 4.79 Å². The third kappa shape index (κ3) is 1.63. The summed E-state index contributed by atoms with van der Waals surface area (Å²) in [6.45, 7) is 0. The van der Waals surface area contributed by atoms with Crippen LogP contribution in [-0.4, -0.2) is 29.4 Å². The van der Waals surface area contributed by atoms with Crippen molar-refractivity contribution in [2.45, 2.75) is 6.17 Å². The predicted molar refractivity (Wildman–Crippen MR) is 41.7 cm³/mol. The molecule has 0 amide bonds. The van der Waals surface area contributed by atoms with Crippen molar-refractivity contribution in [3.8, 4) is 0 Å². The molecule has 1 heterocycles. The molecule has 12 heavy (non-hydrogen) atoms. The van der Waals surface area contributed by atoms with Gasteiger partial charge < -0.3 is 10.8 Å². The first kappa shape index (κ1) is 8.76. The molecule has 0 aromatic rings. The molecule has 0 radical (unpaired) electrons. The molecule has 1 aliphatic heterocycles. The summed E-state index contributed by atoms with van der Waals surface area (Å²) in [4.78, 5) is 15.3. The van der Waals surface area contributed by atoms with Gasteiger partial charge in [-0.15, -0.1) is 0 Å². The van der Waals surface area contributed by atoms with E-state index in [1.54, 1.807) is 6.08 Å². The molecule has 0 aliphatic carbocycles. The van der Waals surface area contributed by atoms with Crippen molar-refractivity contribution in [1.82, 2.24) is 5.06 Å². The fourth-order valence-corrected chi connectivity index (χ4v) is 0.854. The van der Waals surface area contributed by atoms with Gasteiger partial charge in [-0.1, -0.05) is 0 Å². The summed E-state index contributed by atoms with van der Waals surface area (Å²) in [5, 5.41) is 9.86. The van der Waals surface area contributed by atoms with E-state index in [2.05, 4.69) is 0 Å². The van der Waals surface area contributed by atoms with Crippen LogP contribution < -0.4 is 5.73 Å². The lowest BCUT2D eigenvalue weighted by atomic mass is 10.2.